The van der Waals surface area contributed by atoms with E-state index in [1.165, 1.54) is 9.80 Å². The van der Waals surface area contributed by atoms with Gasteiger partial charge in [-0.3, -0.25) is 9.59 Å². The van der Waals surface area contributed by atoms with Gasteiger partial charge in [0.15, 0.2) is 0 Å². The second kappa shape index (κ2) is 5.30. The first kappa shape index (κ1) is 13.4. The summed E-state index contributed by atoms with van der Waals surface area (Å²) in [4.78, 5) is 26.3. The zero-order chi connectivity index (χ0) is 14.0. The van der Waals surface area contributed by atoms with Crippen LogP contribution in [0.1, 0.15) is 18.5 Å². The number of hydrogen-bond donors (Lipinski definition) is 0. The van der Waals surface area contributed by atoms with Crippen LogP contribution in [0.25, 0.3) is 0 Å². The second-order valence-corrected chi connectivity index (χ2v) is 4.62. The molecule has 19 heavy (non-hydrogen) atoms. The van der Waals surface area contributed by atoms with Gasteiger partial charge in [-0.1, -0.05) is 12.1 Å². The molecule has 5 heteroatoms. The smallest absolute Gasteiger partial charge is 0.312 e. The molecule has 0 spiro atoms. The summed E-state index contributed by atoms with van der Waals surface area (Å²) in [6.45, 7) is 3.07. The number of benzene rings is 1. The minimum absolute atomic E-state index is 0.106. The van der Waals surface area contributed by atoms with E-state index in [4.69, 9.17) is 4.74 Å². The summed E-state index contributed by atoms with van der Waals surface area (Å²) in [5.41, 5.74) is 0.999. The highest BCUT2D eigenvalue weighted by atomic mass is 16.5. The minimum atomic E-state index is -0.465. The number of nitrogens with zero attached hydrogens (tertiary/aromatic N) is 2. The van der Waals surface area contributed by atoms with Crippen molar-refractivity contribution in [1.82, 2.24) is 9.80 Å². The van der Waals surface area contributed by atoms with E-state index in [0.717, 1.165) is 11.3 Å². The van der Waals surface area contributed by atoms with Crippen LogP contribution in [0.15, 0.2) is 24.3 Å². The average Bonchev–Trinajstić information content (AvgIpc) is 2.42. The molecule has 2 amide bonds. The lowest BCUT2D eigenvalue weighted by molar-refractivity contribution is -0.156. The molecule has 1 fully saturated rings. The molecule has 1 atom stereocenters. The lowest BCUT2D eigenvalue weighted by Gasteiger charge is -2.37. The van der Waals surface area contributed by atoms with Crippen molar-refractivity contribution in [3.05, 3.63) is 29.8 Å². The number of rotatable bonds is 3. The van der Waals surface area contributed by atoms with Gasteiger partial charge in [0.1, 0.15) is 5.75 Å². The molecule has 1 aliphatic rings. The Morgan fingerprint density at radius 1 is 1.16 bits per heavy atom. The molecule has 2 rings (SSSR count). The van der Waals surface area contributed by atoms with E-state index in [1.807, 2.05) is 31.2 Å². The van der Waals surface area contributed by atoms with E-state index in [2.05, 4.69) is 0 Å². The molecule has 1 aromatic carbocycles. The minimum Gasteiger partial charge on any atom is -0.494 e. The topological polar surface area (TPSA) is 49.9 Å². The average molecular weight is 262 g/mol. The van der Waals surface area contributed by atoms with Crippen molar-refractivity contribution < 1.29 is 14.3 Å². The van der Waals surface area contributed by atoms with Crippen LogP contribution in [0.5, 0.6) is 5.75 Å². The number of hydrogen-bond acceptors (Lipinski definition) is 3. The number of piperazine rings is 1. The van der Waals surface area contributed by atoms with Crippen molar-refractivity contribution in [1.29, 1.82) is 0 Å². The van der Waals surface area contributed by atoms with Crippen LogP contribution in [0, 0.1) is 0 Å². The lowest BCUT2D eigenvalue weighted by atomic mass is 10.0. The third-order valence-electron chi connectivity index (χ3n) is 3.34. The van der Waals surface area contributed by atoms with Crippen LogP contribution in [0.2, 0.25) is 0 Å². The number of amides is 2. The number of ether oxygens (including phenoxy) is 1. The fourth-order valence-electron chi connectivity index (χ4n) is 2.20. The van der Waals surface area contributed by atoms with Crippen LogP contribution >= 0.6 is 0 Å². The van der Waals surface area contributed by atoms with Gasteiger partial charge in [0.05, 0.1) is 12.6 Å². The predicted octanol–water partition coefficient (Wildman–Crippen LogP) is 1.06. The largest absolute Gasteiger partial charge is 0.494 e. The first-order valence-electron chi connectivity index (χ1n) is 6.29. The van der Waals surface area contributed by atoms with Crippen LogP contribution < -0.4 is 4.74 Å². The SMILES string of the molecule is CCOc1ccc(C2CN(C)C(=O)C(=O)N2C)cc1. The zero-order valence-corrected chi connectivity index (χ0v) is 11.4. The number of carbonyl (C=O) groups excluding carboxylic acids is 2. The van der Waals surface area contributed by atoms with E-state index in [0.29, 0.717) is 13.2 Å². The fourth-order valence-corrected chi connectivity index (χ4v) is 2.20. The molecule has 1 heterocycles. The van der Waals surface area contributed by atoms with Crippen LogP contribution in [-0.2, 0) is 9.59 Å². The van der Waals surface area contributed by atoms with Gasteiger partial charge in [-0.2, -0.15) is 0 Å². The zero-order valence-electron chi connectivity index (χ0n) is 11.4. The first-order chi connectivity index (χ1) is 9.04. The molecule has 0 bridgehead atoms. The third-order valence-corrected chi connectivity index (χ3v) is 3.34. The summed E-state index contributed by atoms with van der Waals surface area (Å²) in [6.07, 6.45) is 0. The van der Waals surface area contributed by atoms with Gasteiger partial charge < -0.3 is 14.5 Å². The second-order valence-electron chi connectivity index (χ2n) is 4.62. The van der Waals surface area contributed by atoms with Gasteiger partial charge in [0.25, 0.3) is 0 Å². The fraction of sp³-hybridized carbons (Fsp3) is 0.429. The Morgan fingerprint density at radius 3 is 2.37 bits per heavy atom. The lowest BCUT2D eigenvalue weighted by Crippen LogP contribution is -2.52. The maximum atomic E-state index is 11.8. The molecule has 1 aliphatic heterocycles. The summed E-state index contributed by atoms with van der Waals surface area (Å²) in [6, 6.07) is 7.53. The third kappa shape index (κ3) is 2.54. The Kier molecular flexibility index (Phi) is 3.74. The Morgan fingerprint density at radius 2 is 1.79 bits per heavy atom. The van der Waals surface area contributed by atoms with E-state index in [-0.39, 0.29) is 6.04 Å². The molecule has 5 nitrogen and oxygen atoms in total. The molecule has 1 saturated heterocycles. The van der Waals surface area contributed by atoms with Crippen molar-refractivity contribution in [3.63, 3.8) is 0 Å². The summed E-state index contributed by atoms with van der Waals surface area (Å²) in [5.74, 6) is -0.113. The van der Waals surface area contributed by atoms with Gasteiger partial charge in [0.2, 0.25) is 0 Å². The molecule has 0 N–H and O–H groups in total. The maximum Gasteiger partial charge on any atom is 0.312 e. The molecular formula is C14H18N2O3. The van der Waals surface area contributed by atoms with Crippen LogP contribution in [0.3, 0.4) is 0 Å². The van der Waals surface area contributed by atoms with Crippen molar-refractivity contribution >= 4 is 11.8 Å². The normalized spacial score (nSPS) is 19.8. The Balaban J connectivity index is 2.21. The number of likely N-dealkylation sites (N-methyl/N-ethyl adjacent to an activating group) is 2. The van der Waals surface area contributed by atoms with Gasteiger partial charge >= 0.3 is 11.8 Å². The number of carbonyl (C=O) groups is 2. The summed E-state index contributed by atoms with van der Waals surface area (Å²) in [7, 11) is 3.31. The van der Waals surface area contributed by atoms with Crippen molar-refractivity contribution in [3.8, 4) is 5.75 Å². The Labute approximate surface area is 112 Å². The quantitative estimate of drug-likeness (QED) is 0.765. The van der Waals surface area contributed by atoms with Gasteiger partial charge in [-0.25, -0.2) is 0 Å². The highest BCUT2D eigenvalue weighted by Crippen LogP contribution is 2.26. The molecule has 0 aliphatic carbocycles. The van der Waals surface area contributed by atoms with E-state index in [9.17, 15) is 9.59 Å². The summed E-state index contributed by atoms with van der Waals surface area (Å²) < 4.78 is 5.39. The van der Waals surface area contributed by atoms with Gasteiger partial charge in [0, 0.05) is 20.6 Å². The monoisotopic (exact) mass is 262 g/mol. The summed E-state index contributed by atoms with van der Waals surface area (Å²) in [5, 5.41) is 0. The molecule has 1 aromatic rings. The van der Waals surface area contributed by atoms with E-state index >= 15 is 0 Å². The Hall–Kier alpha value is -2.04. The van der Waals surface area contributed by atoms with Crippen molar-refractivity contribution in [2.24, 2.45) is 0 Å². The molecule has 0 aromatic heterocycles. The first-order valence-corrected chi connectivity index (χ1v) is 6.29. The highest BCUT2D eigenvalue weighted by Gasteiger charge is 2.35. The van der Waals surface area contributed by atoms with Gasteiger partial charge in [-0.05, 0) is 24.6 Å². The van der Waals surface area contributed by atoms with Gasteiger partial charge in [-0.15, -0.1) is 0 Å². The predicted molar refractivity (Wildman–Crippen MR) is 70.8 cm³/mol. The molecule has 0 radical (unpaired) electrons. The van der Waals surface area contributed by atoms with E-state index < -0.39 is 11.8 Å². The summed E-state index contributed by atoms with van der Waals surface area (Å²) >= 11 is 0. The van der Waals surface area contributed by atoms with Crippen molar-refractivity contribution in [2.45, 2.75) is 13.0 Å². The molecule has 102 valence electrons. The molecule has 1 unspecified atom stereocenters. The standard InChI is InChI=1S/C14H18N2O3/c1-4-19-11-7-5-10(6-8-11)12-9-15(2)13(17)14(18)16(12)3/h5-8,12H,4,9H2,1-3H3. The molecule has 0 saturated carbocycles. The van der Waals surface area contributed by atoms with Crippen LogP contribution in [-0.4, -0.2) is 48.9 Å². The Bertz CT molecular complexity index is 484. The highest BCUT2D eigenvalue weighted by molar-refractivity contribution is 6.35. The maximum absolute atomic E-state index is 11.8. The van der Waals surface area contributed by atoms with Crippen LogP contribution in [0.4, 0.5) is 0 Å². The van der Waals surface area contributed by atoms with Crippen molar-refractivity contribution in [2.75, 3.05) is 27.2 Å². The van der Waals surface area contributed by atoms with E-state index in [1.54, 1.807) is 14.1 Å². The molecular weight excluding hydrogens is 244 g/mol.